The smallest absolute Gasteiger partial charge is 0.333 e. The van der Waals surface area contributed by atoms with Gasteiger partial charge in [0.05, 0.1) is 0 Å². The minimum Gasteiger partial charge on any atom is -0.490 e. The highest BCUT2D eigenvalue weighted by Gasteiger charge is 2.37. The summed E-state index contributed by atoms with van der Waals surface area (Å²) in [5.74, 6) is 0.0903. The molecule has 0 spiro atoms. The zero-order valence-corrected chi connectivity index (χ0v) is 15.6. The van der Waals surface area contributed by atoms with Crippen LogP contribution in [0.2, 0.25) is 0 Å². The van der Waals surface area contributed by atoms with E-state index in [1.807, 2.05) is 30.3 Å². The van der Waals surface area contributed by atoms with E-state index in [1.165, 1.54) is 20.2 Å². The van der Waals surface area contributed by atoms with Crippen molar-refractivity contribution in [2.45, 2.75) is 0 Å². The van der Waals surface area contributed by atoms with Crippen molar-refractivity contribution in [3.8, 4) is 11.5 Å². The number of imide groups is 2. The second-order valence-corrected chi connectivity index (χ2v) is 6.15. The SMILES string of the molecule is CN1C(=O)C(=Cc2cccc(OCCOc3ccccc3)c2)C(=O)N(C)C1=O. The number of benzene rings is 2. The number of barbiturate groups is 1. The fraction of sp³-hybridized carbons (Fsp3) is 0.190. The Morgan fingerprint density at radius 2 is 1.36 bits per heavy atom. The summed E-state index contributed by atoms with van der Waals surface area (Å²) < 4.78 is 11.2. The number of nitrogens with zero attached hydrogens (tertiary/aromatic N) is 2. The van der Waals surface area contributed by atoms with Crippen molar-refractivity contribution >= 4 is 23.9 Å². The number of amides is 4. The molecule has 0 atom stereocenters. The average Bonchev–Trinajstić information content (AvgIpc) is 2.72. The summed E-state index contributed by atoms with van der Waals surface area (Å²) in [6.45, 7) is 0.719. The Bertz CT molecular complexity index is 897. The number of carbonyl (C=O) groups is 3. The number of urea groups is 1. The molecular weight excluding hydrogens is 360 g/mol. The lowest BCUT2D eigenvalue weighted by molar-refractivity contribution is -0.134. The van der Waals surface area contributed by atoms with E-state index in [9.17, 15) is 14.4 Å². The topological polar surface area (TPSA) is 76.2 Å². The van der Waals surface area contributed by atoms with E-state index in [0.717, 1.165) is 15.5 Å². The Morgan fingerprint density at radius 1 is 0.786 bits per heavy atom. The van der Waals surface area contributed by atoms with Gasteiger partial charge in [0.15, 0.2) is 0 Å². The first-order valence-electron chi connectivity index (χ1n) is 8.70. The molecule has 7 heteroatoms. The molecule has 1 aliphatic heterocycles. The molecule has 1 aliphatic rings. The van der Waals surface area contributed by atoms with Crippen molar-refractivity contribution in [2.75, 3.05) is 27.3 Å². The third-order valence-electron chi connectivity index (χ3n) is 4.18. The quantitative estimate of drug-likeness (QED) is 0.437. The van der Waals surface area contributed by atoms with Gasteiger partial charge in [0.25, 0.3) is 11.8 Å². The molecule has 2 aromatic carbocycles. The highest BCUT2D eigenvalue weighted by Crippen LogP contribution is 2.20. The van der Waals surface area contributed by atoms with Crippen LogP contribution in [-0.2, 0) is 9.59 Å². The van der Waals surface area contributed by atoms with Crippen molar-refractivity contribution in [1.29, 1.82) is 0 Å². The maximum atomic E-state index is 12.3. The van der Waals surface area contributed by atoms with Crippen LogP contribution in [0.3, 0.4) is 0 Å². The highest BCUT2D eigenvalue weighted by atomic mass is 16.5. The maximum Gasteiger partial charge on any atom is 0.333 e. The van der Waals surface area contributed by atoms with Crippen LogP contribution < -0.4 is 9.47 Å². The van der Waals surface area contributed by atoms with E-state index in [-0.39, 0.29) is 5.57 Å². The lowest BCUT2D eigenvalue weighted by atomic mass is 10.1. The van der Waals surface area contributed by atoms with Gasteiger partial charge in [-0.25, -0.2) is 4.79 Å². The molecule has 0 bridgehead atoms. The standard InChI is InChI=1S/C21H20N2O5/c1-22-19(24)18(20(25)23(2)21(22)26)14-15-7-6-10-17(13-15)28-12-11-27-16-8-4-3-5-9-16/h3-10,13-14H,11-12H2,1-2H3. The van der Waals surface area contributed by atoms with E-state index in [2.05, 4.69) is 0 Å². The third-order valence-corrected chi connectivity index (χ3v) is 4.18. The van der Waals surface area contributed by atoms with Crippen molar-refractivity contribution in [3.63, 3.8) is 0 Å². The van der Waals surface area contributed by atoms with Gasteiger partial charge in [-0.1, -0.05) is 30.3 Å². The first kappa shape index (κ1) is 19.2. The fourth-order valence-corrected chi connectivity index (χ4v) is 2.67. The van der Waals surface area contributed by atoms with Crippen LogP contribution in [0.1, 0.15) is 5.56 Å². The highest BCUT2D eigenvalue weighted by molar-refractivity contribution is 6.30. The number of para-hydroxylation sites is 1. The molecule has 1 fully saturated rings. The van der Waals surface area contributed by atoms with E-state index in [4.69, 9.17) is 9.47 Å². The predicted octanol–water partition coefficient (Wildman–Crippen LogP) is 2.58. The Balaban J connectivity index is 1.65. The Hall–Kier alpha value is -3.61. The lowest BCUT2D eigenvalue weighted by Gasteiger charge is -2.28. The van der Waals surface area contributed by atoms with Crippen LogP contribution in [0.5, 0.6) is 11.5 Å². The van der Waals surface area contributed by atoms with E-state index in [0.29, 0.717) is 24.5 Å². The normalized spacial score (nSPS) is 14.4. The Kier molecular flexibility index (Phi) is 5.74. The van der Waals surface area contributed by atoms with Crippen LogP contribution >= 0.6 is 0 Å². The summed E-state index contributed by atoms with van der Waals surface area (Å²) in [6.07, 6.45) is 1.46. The van der Waals surface area contributed by atoms with E-state index in [1.54, 1.807) is 24.3 Å². The Morgan fingerprint density at radius 3 is 2.00 bits per heavy atom. The molecule has 0 radical (unpaired) electrons. The van der Waals surface area contributed by atoms with Crippen LogP contribution in [-0.4, -0.2) is 55.0 Å². The lowest BCUT2D eigenvalue weighted by Crippen LogP contribution is -2.52. The van der Waals surface area contributed by atoms with Crippen molar-refractivity contribution in [3.05, 3.63) is 65.7 Å². The second-order valence-electron chi connectivity index (χ2n) is 6.15. The molecule has 0 saturated carbocycles. The molecule has 0 N–H and O–H groups in total. The molecule has 0 unspecified atom stereocenters. The number of rotatable bonds is 6. The third kappa shape index (κ3) is 4.20. The van der Waals surface area contributed by atoms with Crippen molar-refractivity contribution in [2.24, 2.45) is 0 Å². The number of hydrogen-bond donors (Lipinski definition) is 0. The van der Waals surface area contributed by atoms with Gasteiger partial charge in [-0.2, -0.15) is 0 Å². The first-order chi connectivity index (χ1) is 13.5. The summed E-state index contributed by atoms with van der Waals surface area (Å²) in [5.41, 5.74) is 0.545. The molecular formula is C21H20N2O5. The van der Waals surface area contributed by atoms with Gasteiger partial charge in [0, 0.05) is 14.1 Å². The summed E-state index contributed by atoms with van der Waals surface area (Å²) >= 11 is 0. The molecule has 1 heterocycles. The summed E-state index contributed by atoms with van der Waals surface area (Å²) in [6, 6.07) is 15.8. The molecule has 1 saturated heterocycles. The molecule has 144 valence electrons. The molecule has 7 nitrogen and oxygen atoms in total. The van der Waals surface area contributed by atoms with Gasteiger partial charge < -0.3 is 9.47 Å². The van der Waals surface area contributed by atoms with Crippen molar-refractivity contribution in [1.82, 2.24) is 9.80 Å². The van der Waals surface area contributed by atoms with Gasteiger partial charge in [-0.05, 0) is 35.9 Å². The maximum absolute atomic E-state index is 12.3. The van der Waals surface area contributed by atoms with Gasteiger partial charge in [-0.3, -0.25) is 19.4 Å². The van der Waals surface area contributed by atoms with Crippen LogP contribution in [0, 0.1) is 0 Å². The first-order valence-corrected chi connectivity index (χ1v) is 8.70. The molecule has 3 rings (SSSR count). The van der Waals surface area contributed by atoms with E-state index < -0.39 is 17.8 Å². The summed E-state index contributed by atoms with van der Waals surface area (Å²) in [4.78, 5) is 38.2. The number of hydrogen-bond acceptors (Lipinski definition) is 5. The predicted molar refractivity (Wildman–Crippen MR) is 103 cm³/mol. The molecule has 0 aromatic heterocycles. The minimum absolute atomic E-state index is 0.0749. The average molecular weight is 380 g/mol. The largest absolute Gasteiger partial charge is 0.490 e. The van der Waals surface area contributed by atoms with Crippen LogP contribution in [0.15, 0.2) is 60.2 Å². The number of likely N-dealkylation sites (N-methyl/N-ethyl adjacent to an activating group) is 2. The van der Waals surface area contributed by atoms with Crippen molar-refractivity contribution < 1.29 is 23.9 Å². The molecule has 28 heavy (non-hydrogen) atoms. The number of ether oxygens (including phenoxy) is 2. The van der Waals surface area contributed by atoms with Gasteiger partial charge >= 0.3 is 6.03 Å². The fourth-order valence-electron chi connectivity index (χ4n) is 2.67. The van der Waals surface area contributed by atoms with Crippen LogP contribution in [0.25, 0.3) is 6.08 Å². The summed E-state index contributed by atoms with van der Waals surface area (Å²) in [7, 11) is 2.68. The Labute approximate surface area is 162 Å². The van der Waals surface area contributed by atoms with E-state index >= 15 is 0 Å². The van der Waals surface area contributed by atoms with Gasteiger partial charge in [0.1, 0.15) is 30.3 Å². The van der Waals surface area contributed by atoms with Gasteiger partial charge in [-0.15, -0.1) is 0 Å². The minimum atomic E-state index is -0.650. The molecule has 2 aromatic rings. The summed E-state index contributed by atoms with van der Waals surface area (Å²) in [5, 5.41) is 0. The van der Waals surface area contributed by atoms with Crippen LogP contribution in [0.4, 0.5) is 4.79 Å². The second kappa shape index (κ2) is 8.39. The zero-order valence-electron chi connectivity index (χ0n) is 15.6. The molecule has 4 amide bonds. The van der Waals surface area contributed by atoms with Gasteiger partial charge in [0.2, 0.25) is 0 Å². The monoisotopic (exact) mass is 380 g/mol. The zero-order chi connectivity index (χ0) is 20.1. The number of carbonyl (C=O) groups excluding carboxylic acids is 3. The molecule has 0 aliphatic carbocycles.